The van der Waals surface area contributed by atoms with Crippen molar-refractivity contribution >= 4 is 17.7 Å². The fourth-order valence-electron chi connectivity index (χ4n) is 2.10. The van der Waals surface area contributed by atoms with Crippen LogP contribution in [0.2, 0.25) is 5.02 Å². The molecular weight excluding hydrogens is 260 g/mol. The molecule has 0 spiro atoms. The molecule has 1 atom stereocenters. The predicted molar refractivity (Wildman–Crippen MR) is 76.8 cm³/mol. The summed E-state index contributed by atoms with van der Waals surface area (Å²) in [4.78, 5) is 0. The third-order valence-corrected chi connectivity index (χ3v) is 3.36. The molecule has 0 bridgehead atoms. The van der Waals surface area contributed by atoms with Gasteiger partial charge >= 0.3 is 0 Å². The lowest BCUT2D eigenvalue weighted by Gasteiger charge is -2.22. The van der Waals surface area contributed by atoms with Gasteiger partial charge in [0, 0.05) is 10.6 Å². The number of hydrogen-bond donors (Lipinski definition) is 0. The number of benzene rings is 2. The molecule has 2 aromatic rings. The summed E-state index contributed by atoms with van der Waals surface area (Å²) in [7, 11) is 1.66. The Kier molecular flexibility index (Phi) is 3.18. The monoisotopic (exact) mass is 272 g/mol. The first-order valence-electron chi connectivity index (χ1n) is 6.04. The molecule has 1 heterocycles. The van der Waals surface area contributed by atoms with Gasteiger partial charge in [0.05, 0.1) is 7.11 Å². The lowest BCUT2D eigenvalue weighted by molar-refractivity contribution is 0.251. The van der Waals surface area contributed by atoms with Crippen molar-refractivity contribution in [1.29, 1.82) is 0 Å². The van der Waals surface area contributed by atoms with E-state index in [-0.39, 0.29) is 6.10 Å². The van der Waals surface area contributed by atoms with Crippen LogP contribution in [0.5, 0.6) is 11.5 Å². The Morgan fingerprint density at radius 3 is 2.63 bits per heavy atom. The molecule has 0 fully saturated rings. The van der Waals surface area contributed by atoms with Crippen molar-refractivity contribution < 1.29 is 9.47 Å². The Bertz CT molecular complexity index is 617. The van der Waals surface area contributed by atoms with Gasteiger partial charge in [-0.2, -0.15) is 0 Å². The van der Waals surface area contributed by atoms with Crippen molar-refractivity contribution in [3.8, 4) is 11.5 Å². The van der Waals surface area contributed by atoms with Crippen LogP contribution in [0.15, 0.2) is 48.5 Å². The minimum Gasteiger partial charge on any atom is -0.497 e. The van der Waals surface area contributed by atoms with Gasteiger partial charge in [-0.15, -0.1) is 0 Å². The standard InChI is InChI=1S/C16H13ClO2/c1-18-14-6-2-11(3-7-14)15-8-4-12-10-13(17)5-9-16(12)19-15/h2-10,15H,1H3. The van der Waals surface area contributed by atoms with Crippen LogP contribution in [-0.4, -0.2) is 7.11 Å². The molecule has 96 valence electrons. The molecule has 2 nitrogen and oxygen atoms in total. The second-order valence-electron chi connectivity index (χ2n) is 4.35. The van der Waals surface area contributed by atoms with E-state index in [2.05, 4.69) is 0 Å². The third-order valence-electron chi connectivity index (χ3n) is 3.12. The van der Waals surface area contributed by atoms with Crippen LogP contribution in [0.1, 0.15) is 17.2 Å². The quantitative estimate of drug-likeness (QED) is 0.802. The summed E-state index contributed by atoms with van der Waals surface area (Å²) in [6.45, 7) is 0. The van der Waals surface area contributed by atoms with Crippen molar-refractivity contribution in [2.75, 3.05) is 7.11 Å². The van der Waals surface area contributed by atoms with Crippen LogP contribution in [-0.2, 0) is 0 Å². The molecule has 0 saturated heterocycles. The second kappa shape index (κ2) is 4.98. The summed E-state index contributed by atoms with van der Waals surface area (Å²) in [5.41, 5.74) is 2.11. The molecule has 1 aliphatic heterocycles. The highest BCUT2D eigenvalue weighted by molar-refractivity contribution is 6.30. The molecule has 1 aliphatic rings. The van der Waals surface area contributed by atoms with Gasteiger partial charge in [-0.3, -0.25) is 0 Å². The highest BCUT2D eigenvalue weighted by Crippen LogP contribution is 2.34. The zero-order chi connectivity index (χ0) is 13.2. The Morgan fingerprint density at radius 2 is 1.89 bits per heavy atom. The van der Waals surface area contributed by atoms with E-state index in [9.17, 15) is 0 Å². The number of fused-ring (bicyclic) bond motifs is 1. The van der Waals surface area contributed by atoms with Crippen LogP contribution in [0.3, 0.4) is 0 Å². The molecule has 0 saturated carbocycles. The number of hydrogen-bond acceptors (Lipinski definition) is 2. The smallest absolute Gasteiger partial charge is 0.142 e. The van der Waals surface area contributed by atoms with Crippen LogP contribution < -0.4 is 9.47 Å². The van der Waals surface area contributed by atoms with Gasteiger partial charge in [-0.05, 0) is 42.0 Å². The van der Waals surface area contributed by atoms with E-state index in [1.54, 1.807) is 7.11 Å². The summed E-state index contributed by atoms with van der Waals surface area (Å²) < 4.78 is 11.1. The van der Waals surface area contributed by atoms with Crippen LogP contribution in [0.25, 0.3) is 6.08 Å². The fourth-order valence-corrected chi connectivity index (χ4v) is 2.28. The molecule has 3 rings (SSSR count). The maximum absolute atomic E-state index is 5.96. The van der Waals surface area contributed by atoms with Crippen molar-refractivity contribution in [2.24, 2.45) is 0 Å². The van der Waals surface area contributed by atoms with E-state index in [0.29, 0.717) is 0 Å². The minimum atomic E-state index is -0.0698. The highest BCUT2D eigenvalue weighted by Gasteiger charge is 2.16. The maximum Gasteiger partial charge on any atom is 0.142 e. The second-order valence-corrected chi connectivity index (χ2v) is 4.79. The molecule has 2 aromatic carbocycles. The van der Waals surface area contributed by atoms with Gasteiger partial charge in [0.15, 0.2) is 0 Å². The van der Waals surface area contributed by atoms with Gasteiger partial charge in [-0.25, -0.2) is 0 Å². The summed E-state index contributed by atoms with van der Waals surface area (Å²) in [5, 5.41) is 0.717. The largest absolute Gasteiger partial charge is 0.497 e. The number of methoxy groups -OCH3 is 1. The normalized spacial score (nSPS) is 16.6. The number of rotatable bonds is 2. The van der Waals surface area contributed by atoms with Crippen molar-refractivity contribution in [1.82, 2.24) is 0 Å². The molecule has 0 aliphatic carbocycles. The predicted octanol–water partition coefficient (Wildman–Crippen LogP) is 4.50. The van der Waals surface area contributed by atoms with Crippen molar-refractivity contribution in [2.45, 2.75) is 6.10 Å². The summed E-state index contributed by atoms with van der Waals surface area (Å²) in [5.74, 6) is 1.70. The summed E-state index contributed by atoms with van der Waals surface area (Å²) >= 11 is 5.96. The zero-order valence-corrected chi connectivity index (χ0v) is 11.2. The SMILES string of the molecule is COc1ccc(C2C=Cc3cc(Cl)ccc3O2)cc1. The van der Waals surface area contributed by atoms with Gasteiger partial charge in [0.25, 0.3) is 0 Å². The van der Waals surface area contributed by atoms with E-state index in [1.807, 2.05) is 54.6 Å². The Morgan fingerprint density at radius 1 is 1.11 bits per heavy atom. The first-order chi connectivity index (χ1) is 9.26. The number of halogens is 1. The average molecular weight is 273 g/mol. The molecule has 0 aromatic heterocycles. The lowest BCUT2D eigenvalue weighted by atomic mass is 10.0. The van der Waals surface area contributed by atoms with E-state index in [1.165, 1.54) is 0 Å². The van der Waals surface area contributed by atoms with Crippen LogP contribution in [0, 0.1) is 0 Å². The highest BCUT2D eigenvalue weighted by atomic mass is 35.5. The number of ether oxygens (including phenoxy) is 2. The molecule has 0 N–H and O–H groups in total. The third kappa shape index (κ3) is 2.45. The Balaban J connectivity index is 1.87. The van der Waals surface area contributed by atoms with Crippen molar-refractivity contribution in [3.63, 3.8) is 0 Å². The van der Waals surface area contributed by atoms with E-state index >= 15 is 0 Å². The van der Waals surface area contributed by atoms with E-state index in [0.717, 1.165) is 27.6 Å². The van der Waals surface area contributed by atoms with Gasteiger partial charge in [0.1, 0.15) is 17.6 Å². The summed E-state index contributed by atoms with van der Waals surface area (Å²) in [6.07, 6.45) is 4.00. The molecule has 3 heteroatoms. The first kappa shape index (κ1) is 12.1. The minimum absolute atomic E-state index is 0.0698. The Labute approximate surface area is 117 Å². The summed E-state index contributed by atoms with van der Waals surface area (Å²) in [6, 6.07) is 13.5. The topological polar surface area (TPSA) is 18.5 Å². The maximum atomic E-state index is 5.96. The van der Waals surface area contributed by atoms with Crippen molar-refractivity contribution in [3.05, 3.63) is 64.7 Å². The molecule has 0 amide bonds. The Hall–Kier alpha value is -1.93. The van der Waals surface area contributed by atoms with Gasteiger partial charge in [0.2, 0.25) is 0 Å². The average Bonchev–Trinajstić information content (AvgIpc) is 2.47. The van der Waals surface area contributed by atoms with E-state index < -0.39 is 0 Å². The zero-order valence-electron chi connectivity index (χ0n) is 10.5. The lowest BCUT2D eigenvalue weighted by Crippen LogP contribution is -2.08. The fraction of sp³-hybridized carbons (Fsp3) is 0.125. The molecular formula is C16H13ClO2. The molecule has 1 unspecified atom stereocenters. The van der Waals surface area contributed by atoms with Gasteiger partial charge < -0.3 is 9.47 Å². The first-order valence-corrected chi connectivity index (χ1v) is 6.42. The van der Waals surface area contributed by atoms with Crippen LogP contribution >= 0.6 is 11.6 Å². The molecule has 19 heavy (non-hydrogen) atoms. The van der Waals surface area contributed by atoms with E-state index in [4.69, 9.17) is 21.1 Å². The van der Waals surface area contributed by atoms with Crippen LogP contribution in [0.4, 0.5) is 0 Å². The molecule has 0 radical (unpaired) electrons. The van der Waals surface area contributed by atoms with Gasteiger partial charge in [-0.1, -0.05) is 29.8 Å².